The summed E-state index contributed by atoms with van der Waals surface area (Å²) >= 11 is 12.0. The summed E-state index contributed by atoms with van der Waals surface area (Å²) in [6.45, 7) is 0. The maximum Gasteiger partial charge on any atom is 0.165 e. The number of hydrogen-bond acceptors (Lipinski definition) is 3. The number of hydrogen-bond donors (Lipinski definition) is 1. The topological polar surface area (TPSA) is 44.5 Å². The van der Waals surface area contributed by atoms with Crippen molar-refractivity contribution < 1.29 is 9.47 Å². The van der Waals surface area contributed by atoms with Gasteiger partial charge < -0.3 is 15.2 Å². The normalized spacial score (nSPS) is 12.1. The molecule has 0 radical (unpaired) electrons. The Kier molecular flexibility index (Phi) is 4.76. The first-order valence-corrected chi connectivity index (χ1v) is 6.75. The van der Waals surface area contributed by atoms with Crippen molar-refractivity contribution in [3.05, 3.63) is 57.6 Å². The first-order valence-electron chi connectivity index (χ1n) is 6.00. The van der Waals surface area contributed by atoms with E-state index in [0.717, 1.165) is 11.1 Å². The molecule has 0 heterocycles. The third-order valence-electron chi connectivity index (χ3n) is 3.07. The van der Waals surface area contributed by atoms with E-state index in [1.807, 2.05) is 24.3 Å². The molecule has 0 saturated heterocycles. The zero-order valence-corrected chi connectivity index (χ0v) is 12.7. The summed E-state index contributed by atoms with van der Waals surface area (Å²) in [6.07, 6.45) is 0. The van der Waals surface area contributed by atoms with E-state index in [0.29, 0.717) is 21.5 Å². The number of methoxy groups -OCH3 is 2. The van der Waals surface area contributed by atoms with E-state index in [4.69, 9.17) is 38.4 Å². The van der Waals surface area contributed by atoms with Crippen molar-refractivity contribution in [3.8, 4) is 11.5 Å². The van der Waals surface area contributed by atoms with Gasteiger partial charge in [-0.1, -0.05) is 41.4 Å². The van der Waals surface area contributed by atoms with Crippen LogP contribution >= 0.6 is 23.2 Å². The van der Waals surface area contributed by atoms with Gasteiger partial charge in [0.25, 0.3) is 0 Å². The minimum Gasteiger partial charge on any atom is -0.493 e. The highest BCUT2D eigenvalue weighted by Gasteiger charge is 2.18. The Balaban J connectivity index is 2.47. The summed E-state index contributed by atoms with van der Waals surface area (Å²) in [4.78, 5) is 0. The first kappa shape index (κ1) is 15.0. The van der Waals surface area contributed by atoms with Gasteiger partial charge in [0.15, 0.2) is 11.5 Å². The Hall–Kier alpha value is -1.42. The fraction of sp³-hybridized carbons (Fsp3) is 0.200. The summed E-state index contributed by atoms with van der Waals surface area (Å²) in [5.41, 5.74) is 7.97. The highest BCUT2D eigenvalue weighted by Crippen LogP contribution is 2.37. The molecule has 0 spiro atoms. The van der Waals surface area contributed by atoms with E-state index in [1.165, 1.54) is 0 Å². The summed E-state index contributed by atoms with van der Waals surface area (Å²) < 4.78 is 10.7. The monoisotopic (exact) mass is 311 g/mol. The van der Waals surface area contributed by atoms with Gasteiger partial charge in [-0.2, -0.15) is 0 Å². The van der Waals surface area contributed by atoms with Crippen LogP contribution in [0.2, 0.25) is 10.0 Å². The average molecular weight is 312 g/mol. The number of nitrogens with two attached hydrogens (primary N) is 1. The lowest BCUT2D eigenvalue weighted by Gasteiger charge is -2.18. The molecule has 1 unspecified atom stereocenters. The first-order chi connectivity index (χ1) is 9.58. The van der Waals surface area contributed by atoms with Gasteiger partial charge in [-0.3, -0.25) is 0 Å². The Bertz CT molecular complexity index is 617. The maximum absolute atomic E-state index is 6.30. The van der Waals surface area contributed by atoms with Crippen LogP contribution < -0.4 is 15.2 Å². The molecule has 2 rings (SSSR count). The van der Waals surface area contributed by atoms with Gasteiger partial charge in [-0.05, 0) is 23.8 Å². The lowest BCUT2D eigenvalue weighted by Crippen LogP contribution is -2.13. The van der Waals surface area contributed by atoms with Crippen molar-refractivity contribution in [1.82, 2.24) is 0 Å². The third kappa shape index (κ3) is 2.85. The van der Waals surface area contributed by atoms with Crippen LogP contribution in [-0.4, -0.2) is 14.2 Å². The Labute approximate surface area is 128 Å². The van der Waals surface area contributed by atoms with E-state index in [-0.39, 0.29) is 6.04 Å². The van der Waals surface area contributed by atoms with Crippen molar-refractivity contribution in [3.63, 3.8) is 0 Å². The van der Waals surface area contributed by atoms with Gasteiger partial charge in [0, 0.05) is 5.56 Å². The van der Waals surface area contributed by atoms with Crippen LogP contribution in [0.1, 0.15) is 17.2 Å². The minimum atomic E-state index is -0.380. The molecule has 0 amide bonds. The molecule has 2 aromatic rings. The van der Waals surface area contributed by atoms with Gasteiger partial charge in [-0.15, -0.1) is 0 Å². The predicted molar refractivity (Wildman–Crippen MR) is 82.0 cm³/mol. The minimum absolute atomic E-state index is 0.380. The summed E-state index contributed by atoms with van der Waals surface area (Å²) in [7, 11) is 3.18. The zero-order chi connectivity index (χ0) is 14.7. The number of benzene rings is 2. The van der Waals surface area contributed by atoms with Crippen molar-refractivity contribution in [2.45, 2.75) is 6.04 Å². The van der Waals surface area contributed by atoms with Gasteiger partial charge in [0.05, 0.1) is 30.3 Å². The van der Waals surface area contributed by atoms with Crippen LogP contribution in [-0.2, 0) is 0 Å². The molecule has 5 heteroatoms. The highest BCUT2D eigenvalue weighted by molar-refractivity contribution is 6.42. The van der Waals surface area contributed by atoms with E-state index in [1.54, 1.807) is 26.4 Å². The maximum atomic E-state index is 6.30. The second-order valence-electron chi connectivity index (χ2n) is 4.23. The number of rotatable bonds is 4. The Morgan fingerprint density at radius 1 is 1.00 bits per heavy atom. The number of halogens is 2. The molecule has 0 aliphatic carbocycles. The highest BCUT2D eigenvalue weighted by atomic mass is 35.5. The second-order valence-corrected chi connectivity index (χ2v) is 5.05. The fourth-order valence-corrected chi connectivity index (χ4v) is 2.35. The standard InChI is InChI=1S/C15H15Cl2NO2/c1-19-13-5-3-4-10(15(13)20-2)14(18)9-6-7-11(16)12(17)8-9/h3-8,14H,18H2,1-2H3. The summed E-state index contributed by atoms with van der Waals surface area (Å²) in [5, 5.41) is 0.974. The molecular formula is C15H15Cl2NO2. The Morgan fingerprint density at radius 2 is 1.75 bits per heavy atom. The molecule has 0 bridgehead atoms. The van der Waals surface area contributed by atoms with Gasteiger partial charge in [0.1, 0.15) is 0 Å². The van der Waals surface area contributed by atoms with Crippen LogP contribution in [0.3, 0.4) is 0 Å². The molecule has 0 fully saturated rings. The fourth-order valence-electron chi connectivity index (χ4n) is 2.04. The average Bonchev–Trinajstić information content (AvgIpc) is 2.48. The summed E-state index contributed by atoms with van der Waals surface area (Å²) in [5.74, 6) is 1.26. The molecule has 0 aliphatic rings. The van der Waals surface area contributed by atoms with Crippen molar-refractivity contribution in [2.75, 3.05) is 14.2 Å². The molecule has 2 N–H and O–H groups in total. The van der Waals surface area contributed by atoms with Crippen LogP contribution in [0, 0.1) is 0 Å². The Morgan fingerprint density at radius 3 is 2.35 bits per heavy atom. The van der Waals surface area contributed by atoms with E-state index in [9.17, 15) is 0 Å². The van der Waals surface area contributed by atoms with Crippen molar-refractivity contribution in [1.29, 1.82) is 0 Å². The quantitative estimate of drug-likeness (QED) is 0.926. The molecule has 0 saturated carbocycles. The molecule has 2 aromatic carbocycles. The van der Waals surface area contributed by atoms with Crippen molar-refractivity contribution in [2.24, 2.45) is 5.73 Å². The number of ether oxygens (including phenoxy) is 2. The SMILES string of the molecule is COc1cccc(C(N)c2ccc(Cl)c(Cl)c2)c1OC. The summed E-state index contributed by atoms with van der Waals surface area (Å²) in [6, 6.07) is 10.5. The van der Waals surface area contributed by atoms with Gasteiger partial charge in [-0.25, -0.2) is 0 Å². The molecule has 1 atom stereocenters. The molecule has 3 nitrogen and oxygen atoms in total. The lowest BCUT2D eigenvalue weighted by atomic mass is 9.98. The largest absolute Gasteiger partial charge is 0.493 e. The smallest absolute Gasteiger partial charge is 0.165 e. The third-order valence-corrected chi connectivity index (χ3v) is 3.81. The van der Waals surface area contributed by atoms with Crippen LogP contribution in [0.25, 0.3) is 0 Å². The predicted octanol–water partition coefficient (Wildman–Crippen LogP) is 4.06. The second kappa shape index (κ2) is 6.35. The molecular weight excluding hydrogens is 297 g/mol. The molecule has 0 aromatic heterocycles. The van der Waals surface area contributed by atoms with E-state index in [2.05, 4.69) is 0 Å². The van der Waals surface area contributed by atoms with Gasteiger partial charge >= 0.3 is 0 Å². The number of para-hydroxylation sites is 1. The molecule has 20 heavy (non-hydrogen) atoms. The molecule has 106 valence electrons. The molecule has 0 aliphatic heterocycles. The lowest BCUT2D eigenvalue weighted by molar-refractivity contribution is 0.350. The zero-order valence-electron chi connectivity index (χ0n) is 11.2. The van der Waals surface area contributed by atoms with E-state index >= 15 is 0 Å². The van der Waals surface area contributed by atoms with Crippen LogP contribution in [0.4, 0.5) is 0 Å². The van der Waals surface area contributed by atoms with Crippen LogP contribution in [0.5, 0.6) is 11.5 Å². The van der Waals surface area contributed by atoms with E-state index < -0.39 is 0 Å². The van der Waals surface area contributed by atoms with Gasteiger partial charge in [0.2, 0.25) is 0 Å². The van der Waals surface area contributed by atoms with Crippen LogP contribution in [0.15, 0.2) is 36.4 Å². The van der Waals surface area contributed by atoms with Crippen molar-refractivity contribution >= 4 is 23.2 Å².